The summed E-state index contributed by atoms with van der Waals surface area (Å²) >= 11 is 3.37. The predicted octanol–water partition coefficient (Wildman–Crippen LogP) is 3.94. The lowest BCUT2D eigenvalue weighted by molar-refractivity contribution is -0.120. The maximum atomic E-state index is 11.9. The molecule has 6 heteroatoms. The van der Waals surface area contributed by atoms with Crippen molar-refractivity contribution >= 4 is 28.1 Å². The molecule has 25 heavy (non-hydrogen) atoms. The fraction of sp³-hybridized carbons (Fsp3) is 0.263. The number of hydrogen-bond donors (Lipinski definition) is 1. The molecule has 0 unspecified atom stereocenters. The first-order valence-corrected chi connectivity index (χ1v) is 8.68. The van der Waals surface area contributed by atoms with Gasteiger partial charge < -0.3 is 9.47 Å². The Kier molecular flexibility index (Phi) is 7.01. The molecule has 0 bridgehead atoms. The van der Waals surface area contributed by atoms with E-state index in [9.17, 15) is 4.79 Å². The van der Waals surface area contributed by atoms with Gasteiger partial charge in [0, 0.05) is 4.47 Å². The van der Waals surface area contributed by atoms with E-state index in [4.69, 9.17) is 9.47 Å². The third kappa shape index (κ3) is 6.23. The van der Waals surface area contributed by atoms with E-state index < -0.39 is 0 Å². The average molecular weight is 405 g/mol. The van der Waals surface area contributed by atoms with E-state index in [0.29, 0.717) is 11.5 Å². The maximum absolute atomic E-state index is 11.9. The SMILES string of the molecule is COc1cc(/C=N\NC(=O)Cc2ccc(Br)cc2)ccc1OC(C)C. The number of rotatable bonds is 7. The van der Waals surface area contributed by atoms with Crippen molar-refractivity contribution in [3.05, 3.63) is 58.1 Å². The first kappa shape index (κ1) is 19.0. The monoisotopic (exact) mass is 404 g/mol. The number of nitrogens with zero attached hydrogens (tertiary/aromatic N) is 1. The summed E-state index contributed by atoms with van der Waals surface area (Å²) in [4.78, 5) is 11.9. The zero-order chi connectivity index (χ0) is 18.2. The third-order valence-electron chi connectivity index (χ3n) is 3.23. The summed E-state index contributed by atoms with van der Waals surface area (Å²) < 4.78 is 12.0. The second-order valence-corrected chi connectivity index (χ2v) is 6.59. The van der Waals surface area contributed by atoms with E-state index in [-0.39, 0.29) is 18.4 Å². The van der Waals surface area contributed by atoms with Crippen LogP contribution in [0.25, 0.3) is 0 Å². The molecule has 1 amide bonds. The van der Waals surface area contributed by atoms with Crippen LogP contribution >= 0.6 is 15.9 Å². The van der Waals surface area contributed by atoms with Crippen molar-refractivity contribution in [1.82, 2.24) is 5.43 Å². The summed E-state index contributed by atoms with van der Waals surface area (Å²) in [5.41, 5.74) is 4.25. The minimum Gasteiger partial charge on any atom is -0.493 e. The fourth-order valence-electron chi connectivity index (χ4n) is 2.12. The highest BCUT2D eigenvalue weighted by atomic mass is 79.9. The van der Waals surface area contributed by atoms with Gasteiger partial charge in [-0.2, -0.15) is 5.10 Å². The summed E-state index contributed by atoms with van der Waals surface area (Å²) in [6.07, 6.45) is 1.90. The lowest BCUT2D eigenvalue weighted by atomic mass is 10.1. The van der Waals surface area contributed by atoms with Gasteiger partial charge in [0.15, 0.2) is 11.5 Å². The van der Waals surface area contributed by atoms with Gasteiger partial charge >= 0.3 is 0 Å². The fourth-order valence-corrected chi connectivity index (χ4v) is 2.39. The molecule has 0 aliphatic carbocycles. The number of amides is 1. The highest BCUT2D eigenvalue weighted by Gasteiger charge is 2.07. The van der Waals surface area contributed by atoms with Crippen LogP contribution in [0.2, 0.25) is 0 Å². The number of nitrogens with one attached hydrogen (secondary N) is 1. The van der Waals surface area contributed by atoms with Gasteiger partial charge in [-0.3, -0.25) is 4.79 Å². The standard InChI is InChI=1S/C19H21BrN2O3/c1-13(2)25-17-9-6-15(10-18(17)24-3)12-21-22-19(23)11-14-4-7-16(20)8-5-14/h4-10,12-13H,11H2,1-3H3,(H,22,23)/b21-12-. The number of benzene rings is 2. The Morgan fingerprint density at radius 1 is 1.20 bits per heavy atom. The molecule has 0 aliphatic heterocycles. The number of hydrogen-bond acceptors (Lipinski definition) is 4. The van der Waals surface area contributed by atoms with Gasteiger partial charge in [-0.1, -0.05) is 28.1 Å². The first-order valence-electron chi connectivity index (χ1n) is 7.89. The smallest absolute Gasteiger partial charge is 0.244 e. The van der Waals surface area contributed by atoms with E-state index in [1.165, 1.54) is 0 Å². The summed E-state index contributed by atoms with van der Waals surface area (Å²) in [7, 11) is 1.59. The molecule has 0 aliphatic rings. The van der Waals surface area contributed by atoms with Crippen LogP contribution in [0.15, 0.2) is 52.0 Å². The van der Waals surface area contributed by atoms with E-state index in [1.54, 1.807) is 13.3 Å². The van der Waals surface area contributed by atoms with Crippen LogP contribution < -0.4 is 14.9 Å². The van der Waals surface area contributed by atoms with Crippen LogP contribution in [-0.2, 0) is 11.2 Å². The van der Waals surface area contributed by atoms with E-state index in [1.807, 2.05) is 56.3 Å². The summed E-state index contributed by atoms with van der Waals surface area (Å²) in [6, 6.07) is 13.1. The van der Waals surface area contributed by atoms with Gasteiger partial charge in [0.1, 0.15) is 0 Å². The summed E-state index contributed by atoms with van der Waals surface area (Å²) in [5.74, 6) is 1.12. The predicted molar refractivity (Wildman–Crippen MR) is 102 cm³/mol. The zero-order valence-corrected chi connectivity index (χ0v) is 16.0. The molecule has 5 nitrogen and oxygen atoms in total. The van der Waals surface area contributed by atoms with Gasteiger partial charge in [-0.05, 0) is 55.3 Å². The molecule has 1 N–H and O–H groups in total. The van der Waals surface area contributed by atoms with E-state index in [0.717, 1.165) is 15.6 Å². The van der Waals surface area contributed by atoms with Crippen molar-refractivity contribution in [2.45, 2.75) is 26.4 Å². The van der Waals surface area contributed by atoms with Crippen molar-refractivity contribution in [2.75, 3.05) is 7.11 Å². The zero-order valence-electron chi connectivity index (χ0n) is 14.5. The molecule has 0 atom stereocenters. The van der Waals surface area contributed by atoms with Crippen LogP contribution in [0.4, 0.5) is 0 Å². The minimum absolute atomic E-state index is 0.0614. The number of ether oxygens (including phenoxy) is 2. The molecular weight excluding hydrogens is 384 g/mol. The van der Waals surface area contributed by atoms with Crippen LogP contribution in [0.1, 0.15) is 25.0 Å². The average Bonchev–Trinajstić information content (AvgIpc) is 2.57. The third-order valence-corrected chi connectivity index (χ3v) is 3.76. The minimum atomic E-state index is -0.176. The van der Waals surface area contributed by atoms with Crippen molar-refractivity contribution < 1.29 is 14.3 Å². The summed E-state index contributed by atoms with van der Waals surface area (Å²) in [5, 5.41) is 3.99. The molecule has 0 aromatic heterocycles. The molecule has 0 saturated carbocycles. The van der Waals surface area contributed by atoms with Crippen molar-refractivity contribution in [3.63, 3.8) is 0 Å². The van der Waals surface area contributed by atoms with Gasteiger partial charge in [0.25, 0.3) is 0 Å². The Hall–Kier alpha value is -2.34. The Morgan fingerprint density at radius 3 is 2.56 bits per heavy atom. The molecule has 0 spiro atoms. The van der Waals surface area contributed by atoms with Gasteiger partial charge in [0.05, 0.1) is 25.8 Å². The molecule has 2 aromatic rings. The maximum Gasteiger partial charge on any atom is 0.244 e. The number of carbonyl (C=O) groups is 1. The Balaban J connectivity index is 1.94. The number of hydrazone groups is 1. The second kappa shape index (κ2) is 9.22. The molecule has 2 rings (SSSR count). The largest absolute Gasteiger partial charge is 0.493 e. The van der Waals surface area contributed by atoms with Crippen LogP contribution in [0, 0.1) is 0 Å². The summed E-state index contributed by atoms with van der Waals surface area (Å²) in [6.45, 7) is 3.91. The number of halogens is 1. The quantitative estimate of drug-likeness (QED) is 0.561. The second-order valence-electron chi connectivity index (χ2n) is 5.67. The van der Waals surface area contributed by atoms with Crippen LogP contribution in [-0.4, -0.2) is 25.3 Å². The number of carbonyl (C=O) groups excluding carboxylic acids is 1. The molecule has 0 saturated heterocycles. The van der Waals surface area contributed by atoms with Gasteiger partial charge in [-0.25, -0.2) is 5.43 Å². The lowest BCUT2D eigenvalue weighted by Crippen LogP contribution is -2.19. The normalized spacial score (nSPS) is 10.9. The van der Waals surface area contributed by atoms with Crippen LogP contribution in [0.3, 0.4) is 0 Å². The molecule has 2 aromatic carbocycles. The molecule has 0 heterocycles. The van der Waals surface area contributed by atoms with Gasteiger partial charge in [-0.15, -0.1) is 0 Å². The molecule has 132 valence electrons. The highest BCUT2D eigenvalue weighted by molar-refractivity contribution is 9.10. The van der Waals surface area contributed by atoms with Crippen molar-refractivity contribution in [2.24, 2.45) is 5.10 Å². The Morgan fingerprint density at radius 2 is 1.92 bits per heavy atom. The first-order chi connectivity index (χ1) is 12.0. The number of methoxy groups -OCH3 is 1. The topological polar surface area (TPSA) is 59.9 Å². The molecular formula is C19H21BrN2O3. The van der Waals surface area contributed by atoms with Crippen molar-refractivity contribution in [1.29, 1.82) is 0 Å². The van der Waals surface area contributed by atoms with Crippen LogP contribution in [0.5, 0.6) is 11.5 Å². The highest BCUT2D eigenvalue weighted by Crippen LogP contribution is 2.28. The van der Waals surface area contributed by atoms with Gasteiger partial charge in [0.2, 0.25) is 5.91 Å². The van der Waals surface area contributed by atoms with Crippen molar-refractivity contribution in [3.8, 4) is 11.5 Å². The van der Waals surface area contributed by atoms with E-state index in [2.05, 4.69) is 26.5 Å². The Labute approximate surface area is 156 Å². The molecule has 0 radical (unpaired) electrons. The lowest BCUT2D eigenvalue weighted by Gasteiger charge is -2.13. The molecule has 0 fully saturated rings. The van der Waals surface area contributed by atoms with E-state index >= 15 is 0 Å². The Bertz CT molecular complexity index is 743.